The highest BCUT2D eigenvalue weighted by atomic mass is 19.4. The molecule has 2 bridgehead atoms. The zero-order valence-corrected chi connectivity index (χ0v) is 9.26. The lowest BCUT2D eigenvalue weighted by Gasteiger charge is -2.26. The van der Waals surface area contributed by atoms with Crippen molar-refractivity contribution in [2.24, 2.45) is 0 Å². The van der Waals surface area contributed by atoms with Gasteiger partial charge in [-0.05, 0) is 30.9 Å². The highest BCUT2D eigenvalue weighted by Crippen LogP contribution is 2.48. The molecule has 0 aromatic heterocycles. The lowest BCUT2D eigenvalue weighted by molar-refractivity contribution is -0.137. The second kappa shape index (κ2) is 3.48. The van der Waals surface area contributed by atoms with E-state index >= 15 is 0 Å². The van der Waals surface area contributed by atoms with Crippen molar-refractivity contribution in [3.05, 3.63) is 35.4 Å². The molecule has 3 rings (SSSR count). The summed E-state index contributed by atoms with van der Waals surface area (Å²) in [6, 6.07) is 5.71. The van der Waals surface area contributed by atoms with E-state index < -0.39 is 11.7 Å². The first kappa shape index (κ1) is 11.1. The Morgan fingerprint density at radius 2 is 2.12 bits per heavy atom. The van der Waals surface area contributed by atoms with Crippen molar-refractivity contribution in [2.75, 3.05) is 6.61 Å². The molecule has 2 atom stereocenters. The Morgan fingerprint density at radius 3 is 2.65 bits per heavy atom. The summed E-state index contributed by atoms with van der Waals surface area (Å²) in [5.41, 5.74) is 0.0680. The molecule has 1 saturated carbocycles. The van der Waals surface area contributed by atoms with E-state index in [9.17, 15) is 13.2 Å². The average molecular weight is 242 g/mol. The zero-order valence-electron chi connectivity index (χ0n) is 9.26. The predicted octanol–water partition coefficient (Wildman–Crippen LogP) is 3.53. The van der Waals surface area contributed by atoms with Gasteiger partial charge in [0.2, 0.25) is 0 Å². The number of halogens is 3. The Kier molecular flexibility index (Phi) is 2.27. The fraction of sp³-hybridized carbons (Fsp3) is 0.538. The fourth-order valence-corrected chi connectivity index (χ4v) is 3.00. The number of ether oxygens (including phenoxy) is 1. The van der Waals surface area contributed by atoms with Gasteiger partial charge in [-0.1, -0.05) is 18.2 Å². The maximum Gasteiger partial charge on any atom is 0.416 e. The third-order valence-corrected chi connectivity index (χ3v) is 3.96. The van der Waals surface area contributed by atoms with E-state index in [4.69, 9.17) is 4.74 Å². The summed E-state index contributed by atoms with van der Waals surface area (Å²) >= 11 is 0. The first-order chi connectivity index (χ1) is 8.00. The molecule has 1 aliphatic heterocycles. The van der Waals surface area contributed by atoms with Gasteiger partial charge in [0.15, 0.2) is 0 Å². The molecule has 0 amide bonds. The molecule has 2 aliphatic rings. The molecule has 92 valence electrons. The molecule has 1 aromatic carbocycles. The van der Waals surface area contributed by atoms with Crippen LogP contribution in [-0.2, 0) is 16.3 Å². The van der Waals surface area contributed by atoms with Crippen molar-refractivity contribution in [1.82, 2.24) is 0 Å². The van der Waals surface area contributed by atoms with Gasteiger partial charge < -0.3 is 4.74 Å². The Bertz CT molecular complexity index is 431. The quantitative estimate of drug-likeness (QED) is 0.732. The van der Waals surface area contributed by atoms with E-state index in [0.717, 1.165) is 30.9 Å². The van der Waals surface area contributed by atoms with Crippen molar-refractivity contribution < 1.29 is 17.9 Å². The molecule has 0 spiro atoms. The first-order valence-corrected chi connectivity index (χ1v) is 5.79. The van der Waals surface area contributed by atoms with E-state index in [1.165, 1.54) is 12.1 Å². The number of fused-ring (bicyclic) bond motifs is 2. The van der Waals surface area contributed by atoms with Crippen LogP contribution >= 0.6 is 0 Å². The first-order valence-electron chi connectivity index (χ1n) is 5.79. The van der Waals surface area contributed by atoms with Crippen molar-refractivity contribution in [2.45, 2.75) is 37.0 Å². The van der Waals surface area contributed by atoms with Gasteiger partial charge in [0, 0.05) is 5.41 Å². The van der Waals surface area contributed by atoms with Crippen LogP contribution in [0.4, 0.5) is 13.2 Å². The van der Waals surface area contributed by atoms with Crippen LogP contribution in [0.25, 0.3) is 0 Å². The maximum atomic E-state index is 12.7. The third kappa shape index (κ3) is 1.75. The van der Waals surface area contributed by atoms with Gasteiger partial charge in [0.25, 0.3) is 0 Å². The Hall–Kier alpha value is -1.03. The van der Waals surface area contributed by atoms with Gasteiger partial charge in [-0.3, -0.25) is 0 Å². The van der Waals surface area contributed by atoms with E-state index in [1.807, 2.05) is 0 Å². The summed E-state index contributed by atoms with van der Waals surface area (Å²) in [5.74, 6) is 0. The van der Waals surface area contributed by atoms with Crippen molar-refractivity contribution >= 4 is 0 Å². The van der Waals surface area contributed by atoms with Crippen molar-refractivity contribution in [3.63, 3.8) is 0 Å². The van der Waals surface area contributed by atoms with Gasteiger partial charge >= 0.3 is 6.18 Å². The Balaban J connectivity index is 1.99. The second-order valence-corrected chi connectivity index (χ2v) is 5.03. The molecular formula is C13H13F3O. The van der Waals surface area contributed by atoms with Crippen LogP contribution in [-0.4, -0.2) is 12.7 Å². The van der Waals surface area contributed by atoms with E-state index in [2.05, 4.69) is 0 Å². The van der Waals surface area contributed by atoms with Crippen LogP contribution in [0.3, 0.4) is 0 Å². The van der Waals surface area contributed by atoms with Crippen LogP contribution < -0.4 is 0 Å². The largest absolute Gasteiger partial charge is 0.416 e. The molecule has 0 radical (unpaired) electrons. The summed E-state index contributed by atoms with van der Waals surface area (Å²) in [4.78, 5) is 0. The molecule has 1 aliphatic carbocycles. The number of alkyl halides is 3. The van der Waals surface area contributed by atoms with Crippen LogP contribution in [0.2, 0.25) is 0 Å². The molecule has 1 saturated heterocycles. The summed E-state index contributed by atoms with van der Waals surface area (Å²) < 4.78 is 43.5. The number of rotatable bonds is 1. The SMILES string of the molecule is FC(F)(F)c1cccc(C23CCC(C2)OC3)c1. The number of hydrogen-bond acceptors (Lipinski definition) is 1. The molecule has 1 aromatic rings. The molecule has 1 nitrogen and oxygen atoms in total. The number of hydrogen-bond donors (Lipinski definition) is 0. The van der Waals surface area contributed by atoms with Gasteiger partial charge in [-0.2, -0.15) is 13.2 Å². The monoisotopic (exact) mass is 242 g/mol. The highest BCUT2D eigenvalue weighted by Gasteiger charge is 2.47. The second-order valence-electron chi connectivity index (χ2n) is 5.03. The Labute approximate surface area is 97.6 Å². The lowest BCUT2D eigenvalue weighted by Crippen LogP contribution is -2.25. The lowest BCUT2D eigenvalue weighted by atomic mass is 9.80. The molecule has 4 heteroatoms. The van der Waals surface area contributed by atoms with Crippen LogP contribution in [0, 0.1) is 0 Å². The van der Waals surface area contributed by atoms with Gasteiger partial charge in [-0.25, -0.2) is 0 Å². The van der Waals surface area contributed by atoms with Crippen LogP contribution in [0.5, 0.6) is 0 Å². The molecule has 2 unspecified atom stereocenters. The Morgan fingerprint density at radius 1 is 1.29 bits per heavy atom. The topological polar surface area (TPSA) is 9.23 Å². The van der Waals surface area contributed by atoms with Crippen molar-refractivity contribution in [1.29, 1.82) is 0 Å². The summed E-state index contributed by atoms with van der Waals surface area (Å²) in [6.07, 6.45) is -1.22. The third-order valence-electron chi connectivity index (χ3n) is 3.96. The summed E-state index contributed by atoms with van der Waals surface area (Å²) in [7, 11) is 0. The van der Waals surface area contributed by atoms with Gasteiger partial charge in [0.1, 0.15) is 0 Å². The molecular weight excluding hydrogens is 229 g/mol. The predicted molar refractivity (Wildman–Crippen MR) is 56.7 cm³/mol. The van der Waals surface area contributed by atoms with Gasteiger partial charge in [0.05, 0.1) is 18.3 Å². The van der Waals surface area contributed by atoms with E-state index in [0.29, 0.717) is 6.61 Å². The molecule has 17 heavy (non-hydrogen) atoms. The normalized spacial score (nSPS) is 32.1. The fourth-order valence-electron chi connectivity index (χ4n) is 3.00. The molecule has 1 heterocycles. The maximum absolute atomic E-state index is 12.7. The molecule has 2 fully saturated rings. The van der Waals surface area contributed by atoms with Crippen LogP contribution in [0.1, 0.15) is 30.4 Å². The van der Waals surface area contributed by atoms with Gasteiger partial charge in [-0.15, -0.1) is 0 Å². The van der Waals surface area contributed by atoms with E-state index in [1.54, 1.807) is 6.07 Å². The highest BCUT2D eigenvalue weighted by molar-refractivity contribution is 5.34. The zero-order chi connectivity index (χ0) is 12.1. The molecule has 0 N–H and O–H groups in total. The van der Waals surface area contributed by atoms with Crippen LogP contribution in [0.15, 0.2) is 24.3 Å². The van der Waals surface area contributed by atoms with E-state index in [-0.39, 0.29) is 11.5 Å². The average Bonchev–Trinajstić information content (AvgIpc) is 2.89. The van der Waals surface area contributed by atoms with Crippen molar-refractivity contribution in [3.8, 4) is 0 Å². The smallest absolute Gasteiger partial charge is 0.377 e. The minimum Gasteiger partial charge on any atom is -0.377 e. The minimum absolute atomic E-state index is 0.161. The standard InChI is InChI=1S/C13H13F3O/c14-13(15,16)10-3-1-2-9(6-10)12-5-4-11(7-12)17-8-12/h1-3,6,11H,4-5,7-8H2. The summed E-state index contributed by atoms with van der Waals surface area (Å²) in [5, 5.41) is 0. The number of benzene rings is 1. The summed E-state index contributed by atoms with van der Waals surface area (Å²) in [6.45, 7) is 0.568. The minimum atomic E-state index is -4.26.